The molecule has 0 radical (unpaired) electrons. The van der Waals surface area contributed by atoms with Crippen molar-refractivity contribution >= 4 is 16.7 Å². The molecule has 1 atom stereocenters. The van der Waals surface area contributed by atoms with Gasteiger partial charge in [-0.2, -0.15) is 0 Å². The first-order chi connectivity index (χ1) is 7.25. The first-order valence-electron chi connectivity index (χ1n) is 5.11. The molecular weight excluding hydrogens is 208 g/mol. The van der Waals surface area contributed by atoms with Crippen molar-refractivity contribution in [2.45, 2.75) is 19.3 Å². The van der Waals surface area contributed by atoms with Crippen LogP contribution in [0.15, 0.2) is 35.7 Å². The number of rotatable bonds is 4. The van der Waals surface area contributed by atoms with Crippen LogP contribution in [-0.2, 0) is 11.1 Å². The second-order valence-corrected chi connectivity index (χ2v) is 4.72. The number of hydrogen-bond acceptors (Lipinski definition) is 1. The van der Waals surface area contributed by atoms with E-state index < -0.39 is 11.1 Å². The van der Waals surface area contributed by atoms with Gasteiger partial charge in [-0.05, 0) is 36.3 Å². The second-order valence-electron chi connectivity index (χ2n) is 3.93. The lowest BCUT2D eigenvalue weighted by Gasteiger charge is -2.05. The molecular formula is C12H14O2S. The minimum atomic E-state index is -1.85. The Morgan fingerprint density at radius 1 is 1.40 bits per heavy atom. The Hall–Kier alpha value is -0.930. The van der Waals surface area contributed by atoms with Crippen LogP contribution in [-0.4, -0.2) is 8.76 Å². The highest BCUT2D eigenvalue weighted by atomic mass is 32.2. The van der Waals surface area contributed by atoms with Crippen LogP contribution < -0.4 is 0 Å². The highest BCUT2D eigenvalue weighted by Gasteiger charge is 2.23. The minimum Gasteiger partial charge on any atom is -0.303 e. The summed E-state index contributed by atoms with van der Waals surface area (Å²) in [5.74, 6) is 0.722. The minimum absolute atomic E-state index is 0.722. The normalized spacial score (nSPS) is 18.9. The van der Waals surface area contributed by atoms with Crippen molar-refractivity contribution < 1.29 is 8.76 Å². The lowest BCUT2D eigenvalue weighted by molar-refractivity contribution is 0.574. The van der Waals surface area contributed by atoms with Crippen molar-refractivity contribution in [1.29, 1.82) is 0 Å². The van der Waals surface area contributed by atoms with E-state index in [0.717, 1.165) is 23.5 Å². The van der Waals surface area contributed by atoms with E-state index in [0.29, 0.717) is 0 Å². The molecule has 1 unspecified atom stereocenters. The highest BCUT2D eigenvalue weighted by molar-refractivity contribution is 7.82. The maximum absolute atomic E-state index is 10.8. The monoisotopic (exact) mass is 222 g/mol. The SMILES string of the molecule is O=S(O)C=C(CC1CC1)c1ccccc1. The number of hydrogen-bond donors (Lipinski definition) is 1. The van der Waals surface area contributed by atoms with Crippen molar-refractivity contribution in [1.82, 2.24) is 0 Å². The molecule has 15 heavy (non-hydrogen) atoms. The summed E-state index contributed by atoms with van der Waals surface area (Å²) in [7, 11) is 0. The van der Waals surface area contributed by atoms with Gasteiger partial charge in [0, 0.05) is 5.41 Å². The van der Waals surface area contributed by atoms with Crippen LogP contribution in [0, 0.1) is 5.92 Å². The molecule has 2 nitrogen and oxygen atoms in total. The molecule has 1 aromatic rings. The standard InChI is InChI=1S/C12H14O2S/c13-15(14)9-12(8-10-6-7-10)11-4-2-1-3-5-11/h1-5,9-10H,6-8H2,(H,13,14). The van der Waals surface area contributed by atoms with Crippen molar-refractivity contribution in [2.75, 3.05) is 0 Å². The molecule has 0 heterocycles. The molecule has 0 saturated heterocycles. The van der Waals surface area contributed by atoms with E-state index in [2.05, 4.69) is 0 Å². The average Bonchev–Trinajstić information content (AvgIpc) is 3.01. The molecule has 1 saturated carbocycles. The molecule has 1 N–H and O–H groups in total. The van der Waals surface area contributed by atoms with E-state index in [-0.39, 0.29) is 0 Å². The predicted octanol–water partition coefficient (Wildman–Crippen LogP) is 3.05. The van der Waals surface area contributed by atoms with Gasteiger partial charge >= 0.3 is 0 Å². The number of allylic oxidation sites excluding steroid dienone is 1. The summed E-state index contributed by atoms with van der Waals surface area (Å²) in [6.07, 6.45) is 3.43. The first-order valence-corrected chi connectivity index (χ1v) is 6.28. The van der Waals surface area contributed by atoms with Crippen LogP contribution in [0.1, 0.15) is 24.8 Å². The molecule has 1 aliphatic rings. The Kier molecular flexibility index (Phi) is 3.34. The quantitative estimate of drug-likeness (QED) is 0.795. The number of benzene rings is 1. The third-order valence-corrected chi connectivity index (χ3v) is 3.08. The molecule has 3 heteroatoms. The van der Waals surface area contributed by atoms with E-state index in [4.69, 9.17) is 4.55 Å². The molecule has 2 rings (SSSR count). The van der Waals surface area contributed by atoms with Gasteiger partial charge in [-0.15, -0.1) is 0 Å². The van der Waals surface area contributed by atoms with Crippen molar-refractivity contribution in [3.63, 3.8) is 0 Å². The van der Waals surface area contributed by atoms with Gasteiger partial charge in [0.1, 0.15) is 0 Å². The maximum atomic E-state index is 10.8. The molecule has 1 fully saturated rings. The average molecular weight is 222 g/mol. The molecule has 0 aliphatic heterocycles. The van der Waals surface area contributed by atoms with Gasteiger partial charge in [0.25, 0.3) is 0 Å². The fraction of sp³-hybridized carbons (Fsp3) is 0.333. The van der Waals surface area contributed by atoms with Crippen LogP contribution >= 0.6 is 0 Å². The summed E-state index contributed by atoms with van der Waals surface area (Å²) in [5.41, 5.74) is 2.06. The zero-order valence-corrected chi connectivity index (χ0v) is 9.24. The fourth-order valence-electron chi connectivity index (χ4n) is 1.64. The summed E-state index contributed by atoms with van der Waals surface area (Å²) >= 11 is -1.85. The van der Waals surface area contributed by atoms with Gasteiger partial charge < -0.3 is 4.55 Å². The Morgan fingerprint density at radius 3 is 2.60 bits per heavy atom. The largest absolute Gasteiger partial charge is 0.303 e. The molecule has 1 aliphatic carbocycles. The molecule has 0 amide bonds. The Bertz CT molecular complexity index is 380. The van der Waals surface area contributed by atoms with E-state index in [9.17, 15) is 4.21 Å². The fourth-order valence-corrected chi connectivity index (χ4v) is 2.12. The zero-order chi connectivity index (χ0) is 10.7. The van der Waals surface area contributed by atoms with Crippen LogP contribution in [0.25, 0.3) is 5.57 Å². The van der Waals surface area contributed by atoms with Gasteiger partial charge in [-0.1, -0.05) is 30.3 Å². The van der Waals surface area contributed by atoms with E-state index in [1.165, 1.54) is 18.2 Å². The van der Waals surface area contributed by atoms with Crippen molar-refractivity contribution in [2.24, 2.45) is 5.92 Å². The maximum Gasteiger partial charge on any atom is 0.179 e. The van der Waals surface area contributed by atoms with E-state index in [1.54, 1.807) is 0 Å². The van der Waals surface area contributed by atoms with E-state index >= 15 is 0 Å². The molecule has 0 spiro atoms. The van der Waals surface area contributed by atoms with Crippen LogP contribution in [0.5, 0.6) is 0 Å². The highest BCUT2D eigenvalue weighted by Crippen LogP contribution is 2.38. The van der Waals surface area contributed by atoms with Crippen LogP contribution in [0.3, 0.4) is 0 Å². The smallest absolute Gasteiger partial charge is 0.179 e. The van der Waals surface area contributed by atoms with Gasteiger partial charge in [0.15, 0.2) is 11.1 Å². The topological polar surface area (TPSA) is 37.3 Å². The van der Waals surface area contributed by atoms with Crippen molar-refractivity contribution in [3.8, 4) is 0 Å². The van der Waals surface area contributed by atoms with Gasteiger partial charge in [-0.25, -0.2) is 4.21 Å². The van der Waals surface area contributed by atoms with Gasteiger partial charge in [0.2, 0.25) is 0 Å². The Morgan fingerprint density at radius 2 is 2.07 bits per heavy atom. The Labute approximate surface area is 92.3 Å². The summed E-state index contributed by atoms with van der Waals surface area (Å²) in [6, 6.07) is 9.84. The second kappa shape index (κ2) is 4.73. The molecule has 80 valence electrons. The lowest BCUT2D eigenvalue weighted by atomic mass is 10.0. The molecule has 0 aromatic heterocycles. The van der Waals surface area contributed by atoms with Crippen LogP contribution in [0.4, 0.5) is 0 Å². The molecule has 1 aromatic carbocycles. The van der Waals surface area contributed by atoms with Gasteiger partial charge in [-0.3, -0.25) is 0 Å². The summed E-state index contributed by atoms with van der Waals surface area (Å²) in [4.78, 5) is 0. The first kappa shape index (κ1) is 10.6. The summed E-state index contributed by atoms with van der Waals surface area (Å²) < 4.78 is 19.7. The van der Waals surface area contributed by atoms with Crippen LogP contribution in [0.2, 0.25) is 0 Å². The Balaban J connectivity index is 2.21. The predicted molar refractivity (Wildman–Crippen MR) is 62.5 cm³/mol. The third-order valence-electron chi connectivity index (χ3n) is 2.59. The lowest BCUT2D eigenvalue weighted by Crippen LogP contribution is -1.89. The van der Waals surface area contributed by atoms with E-state index in [1.807, 2.05) is 30.3 Å². The van der Waals surface area contributed by atoms with Crippen molar-refractivity contribution in [3.05, 3.63) is 41.3 Å². The third kappa shape index (κ3) is 3.29. The summed E-state index contributed by atoms with van der Waals surface area (Å²) in [6.45, 7) is 0. The van der Waals surface area contributed by atoms with Gasteiger partial charge in [0.05, 0.1) is 0 Å². The molecule has 0 bridgehead atoms. The summed E-state index contributed by atoms with van der Waals surface area (Å²) in [5, 5.41) is 1.45. The zero-order valence-electron chi connectivity index (χ0n) is 8.43.